The molecule has 0 bridgehead atoms. The maximum atomic E-state index is 13.4. The average Bonchev–Trinajstić information content (AvgIpc) is 2.87. The molecular formula is C30H23IO6. The van der Waals surface area contributed by atoms with Crippen molar-refractivity contribution >= 4 is 57.6 Å². The molecule has 0 radical (unpaired) electrons. The maximum Gasteiger partial charge on any atom is 0.238 e. The highest BCUT2D eigenvalue weighted by Crippen LogP contribution is 2.44. The first-order valence-corrected chi connectivity index (χ1v) is 12.9. The third-order valence-electron chi connectivity index (χ3n) is 6.81. The van der Waals surface area contributed by atoms with Gasteiger partial charge in [-0.05, 0) is 74.4 Å². The number of halogens is 1. The lowest BCUT2D eigenvalue weighted by Gasteiger charge is -2.33. The van der Waals surface area contributed by atoms with Crippen LogP contribution >= 0.6 is 22.6 Å². The summed E-state index contributed by atoms with van der Waals surface area (Å²) in [5, 5.41) is 11.2. The second kappa shape index (κ2) is 9.06. The van der Waals surface area contributed by atoms with E-state index in [1.165, 1.54) is 23.8 Å². The van der Waals surface area contributed by atoms with E-state index in [0.717, 1.165) is 12.8 Å². The molecule has 0 spiro atoms. The number of Topliss-reactive ketones (excluding diaryl/α,β-unsaturated/α-hetero) is 4. The number of carbonyl (C=O) groups excluding carboxylic acids is 4. The van der Waals surface area contributed by atoms with Crippen LogP contribution in [0.15, 0.2) is 68.8 Å². The van der Waals surface area contributed by atoms with E-state index < -0.39 is 40.1 Å². The van der Waals surface area contributed by atoms with Crippen LogP contribution in [0.5, 0.6) is 5.75 Å². The Balaban J connectivity index is 1.61. The van der Waals surface area contributed by atoms with E-state index in [4.69, 9.17) is 4.74 Å². The number of fused-ring (bicyclic) bond motifs is 4. The summed E-state index contributed by atoms with van der Waals surface area (Å²) in [5.41, 5.74) is 0.827. The standard InChI is InChI=1S/C30H23IO6/c1-15(2)7-6-13-30(3)14-12-18-20(37-30)11-10-19-21(18)28(35)29(36)23(26(19)33)22-24(31)27(34)17-9-5-4-8-16(17)25(22)32/h4-5,7-12,14,33H,6,13H2,1-3H3. The molecule has 2 aromatic rings. The summed E-state index contributed by atoms with van der Waals surface area (Å²) >= 11 is 1.70. The van der Waals surface area contributed by atoms with Crippen molar-refractivity contribution in [2.24, 2.45) is 0 Å². The Kier molecular flexibility index (Phi) is 6.14. The highest BCUT2D eigenvalue weighted by atomic mass is 127. The molecule has 2 aliphatic carbocycles. The van der Waals surface area contributed by atoms with Crippen molar-refractivity contribution in [3.8, 4) is 5.75 Å². The van der Waals surface area contributed by atoms with E-state index in [2.05, 4.69) is 6.08 Å². The number of aliphatic hydroxyl groups is 1. The predicted molar refractivity (Wildman–Crippen MR) is 148 cm³/mol. The van der Waals surface area contributed by atoms with Gasteiger partial charge in [-0.25, -0.2) is 0 Å². The molecule has 186 valence electrons. The number of hydrogen-bond acceptors (Lipinski definition) is 6. The number of rotatable bonds is 4. The molecule has 1 unspecified atom stereocenters. The van der Waals surface area contributed by atoms with E-state index in [1.807, 2.05) is 26.8 Å². The lowest BCUT2D eigenvalue weighted by atomic mass is 9.77. The monoisotopic (exact) mass is 606 g/mol. The van der Waals surface area contributed by atoms with Crippen LogP contribution in [0.3, 0.4) is 0 Å². The molecule has 0 amide bonds. The smallest absolute Gasteiger partial charge is 0.238 e. The Labute approximate surface area is 227 Å². The summed E-state index contributed by atoms with van der Waals surface area (Å²) in [4.78, 5) is 53.1. The molecule has 0 saturated heterocycles. The van der Waals surface area contributed by atoms with Gasteiger partial charge >= 0.3 is 0 Å². The van der Waals surface area contributed by atoms with Crippen molar-refractivity contribution in [1.82, 2.24) is 0 Å². The lowest BCUT2D eigenvalue weighted by Crippen LogP contribution is -2.34. The van der Waals surface area contributed by atoms with E-state index >= 15 is 0 Å². The van der Waals surface area contributed by atoms with Crippen molar-refractivity contribution in [1.29, 1.82) is 0 Å². The van der Waals surface area contributed by atoms with Gasteiger partial charge in [0, 0.05) is 27.8 Å². The Morgan fingerprint density at radius 2 is 1.59 bits per heavy atom. The zero-order chi connectivity index (χ0) is 26.6. The van der Waals surface area contributed by atoms with Crippen LogP contribution in [0.4, 0.5) is 0 Å². The first kappa shape index (κ1) is 25.1. The topological polar surface area (TPSA) is 97.7 Å². The molecule has 5 rings (SSSR count). The second-order valence-corrected chi connectivity index (χ2v) is 10.8. The minimum absolute atomic E-state index is 0.0132. The Morgan fingerprint density at radius 1 is 0.919 bits per heavy atom. The number of benzene rings is 2. The molecule has 0 aromatic heterocycles. The van der Waals surface area contributed by atoms with Gasteiger partial charge in [0.05, 0.1) is 14.7 Å². The van der Waals surface area contributed by atoms with E-state index in [0.29, 0.717) is 11.3 Å². The van der Waals surface area contributed by atoms with Gasteiger partial charge in [-0.2, -0.15) is 0 Å². The summed E-state index contributed by atoms with van der Waals surface area (Å²) in [6.45, 7) is 6.01. The summed E-state index contributed by atoms with van der Waals surface area (Å²) in [6, 6.07) is 9.45. The fourth-order valence-corrected chi connectivity index (χ4v) is 5.70. The normalized spacial score (nSPS) is 20.4. The van der Waals surface area contributed by atoms with Crippen LogP contribution in [0, 0.1) is 0 Å². The number of ketones is 4. The fourth-order valence-electron chi connectivity index (χ4n) is 4.89. The van der Waals surface area contributed by atoms with Gasteiger partial charge in [-0.1, -0.05) is 42.0 Å². The van der Waals surface area contributed by atoms with Crippen LogP contribution in [-0.4, -0.2) is 33.8 Å². The number of aliphatic hydroxyl groups excluding tert-OH is 1. The molecular weight excluding hydrogens is 583 g/mol. The van der Waals surface area contributed by atoms with Gasteiger partial charge in [0.25, 0.3) is 0 Å². The molecule has 3 aliphatic rings. The van der Waals surface area contributed by atoms with Gasteiger partial charge in [0.15, 0.2) is 5.78 Å². The molecule has 1 aliphatic heterocycles. The fraction of sp³-hybridized carbons (Fsp3) is 0.200. The largest absolute Gasteiger partial charge is 0.506 e. The maximum absolute atomic E-state index is 13.4. The third-order valence-corrected chi connectivity index (χ3v) is 7.84. The van der Waals surface area contributed by atoms with Gasteiger partial charge in [0.1, 0.15) is 17.1 Å². The second-order valence-electron chi connectivity index (χ2n) is 9.74. The van der Waals surface area contributed by atoms with Crippen molar-refractivity contribution < 1.29 is 29.0 Å². The van der Waals surface area contributed by atoms with Crippen molar-refractivity contribution in [2.75, 3.05) is 0 Å². The van der Waals surface area contributed by atoms with E-state index in [-0.39, 0.29) is 31.4 Å². The number of ether oxygens (including phenoxy) is 1. The molecule has 0 fully saturated rings. The quantitative estimate of drug-likeness (QED) is 0.246. The van der Waals surface area contributed by atoms with Crippen molar-refractivity contribution in [3.05, 3.63) is 96.7 Å². The highest BCUT2D eigenvalue weighted by Gasteiger charge is 2.43. The highest BCUT2D eigenvalue weighted by molar-refractivity contribution is 14.1. The van der Waals surface area contributed by atoms with Crippen LogP contribution in [0.25, 0.3) is 11.8 Å². The molecule has 1 heterocycles. The van der Waals surface area contributed by atoms with Crippen molar-refractivity contribution in [3.63, 3.8) is 0 Å². The average molecular weight is 606 g/mol. The summed E-state index contributed by atoms with van der Waals surface area (Å²) in [6.07, 6.45) is 7.27. The molecule has 1 atom stereocenters. The predicted octanol–water partition coefficient (Wildman–Crippen LogP) is 6.40. The first-order chi connectivity index (χ1) is 17.5. The third kappa shape index (κ3) is 4.01. The molecule has 0 saturated carbocycles. The minimum Gasteiger partial charge on any atom is -0.506 e. The lowest BCUT2D eigenvalue weighted by molar-refractivity contribution is -0.111. The molecule has 2 aromatic carbocycles. The van der Waals surface area contributed by atoms with Gasteiger partial charge in [0.2, 0.25) is 17.3 Å². The van der Waals surface area contributed by atoms with Crippen LogP contribution in [0.2, 0.25) is 0 Å². The Hall–Kier alpha value is -3.59. The Morgan fingerprint density at radius 3 is 2.27 bits per heavy atom. The number of carbonyl (C=O) groups is 4. The van der Waals surface area contributed by atoms with Crippen LogP contribution in [0.1, 0.15) is 75.8 Å². The zero-order valence-electron chi connectivity index (χ0n) is 20.5. The first-order valence-electron chi connectivity index (χ1n) is 11.8. The van der Waals surface area contributed by atoms with Crippen molar-refractivity contribution in [2.45, 2.75) is 39.2 Å². The minimum atomic E-state index is -1.03. The SMILES string of the molecule is CC(C)=CCCC1(C)C=Cc2c(ccc3c2C(=O)C(=O)C(C2=C(I)C(=O)c4ccccc4C2=O)=C3O)O1. The summed E-state index contributed by atoms with van der Waals surface area (Å²) < 4.78 is 6.22. The molecule has 37 heavy (non-hydrogen) atoms. The van der Waals surface area contributed by atoms with Gasteiger partial charge < -0.3 is 9.84 Å². The summed E-state index contributed by atoms with van der Waals surface area (Å²) in [7, 11) is 0. The van der Waals surface area contributed by atoms with Gasteiger partial charge in [-0.15, -0.1) is 0 Å². The van der Waals surface area contributed by atoms with Gasteiger partial charge in [-0.3, -0.25) is 19.2 Å². The molecule has 6 nitrogen and oxygen atoms in total. The zero-order valence-corrected chi connectivity index (χ0v) is 22.6. The molecule has 1 N–H and O–H groups in total. The van der Waals surface area contributed by atoms with Crippen LogP contribution < -0.4 is 4.74 Å². The van der Waals surface area contributed by atoms with E-state index in [1.54, 1.807) is 46.9 Å². The summed E-state index contributed by atoms with van der Waals surface area (Å²) in [5.74, 6) is -2.99. The van der Waals surface area contributed by atoms with Crippen LogP contribution in [-0.2, 0) is 4.79 Å². The molecule has 7 heteroatoms. The van der Waals surface area contributed by atoms with E-state index in [9.17, 15) is 24.3 Å². The Bertz CT molecular complexity index is 1560. The number of allylic oxidation sites excluding steroid dienone is 5. The number of hydrogen-bond donors (Lipinski definition) is 1.